The van der Waals surface area contributed by atoms with Gasteiger partial charge in [-0.1, -0.05) is 164 Å². The normalized spacial score (nSPS) is 11.4. The summed E-state index contributed by atoms with van der Waals surface area (Å²) in [7, 11) is 0. The summed E-state index contributed by atoms with van der Waals surface area (Å²) in [4.78, 5) is 107. The third-order valence-corrected chi connectivity index (χ3v) is 16.3. The van der Waals surface area contributed by atoms with Crippen LogP contribution in [0.1, 0.15) is 114 Å². The fourth-order valence-electron chi connectivity index (χ4n) is 10.6. The summed E-state index contributed by atoms with van der Waals surface area (Å²) in [6, 6.07) is 55.9. The maximum Gasteiger partial charge on any atom is 0.338 e. The first-order valence-corrected chi connectivity index (χ1v) is 33.2. The Morgan fingerprint density at radius 2 is 0.433 bits per heavy atom. The number of carbonyl (C=O) groups excluding carboxylic acids is 8. The lowest BCUT2D eigenvalue weighted by molar-refractivity contribution is -0.138. The minimum absolute atomic E-state index is 0.0922. The Labute approximate surface area is 604 Å². The van der Waals surface area contributed by atoms with Crippen molar-refractivity contribution in [1.29, 1.82) is 0 Å². The van der Waals surface area contributed by atoms with Crippen molar-refractivity contribution < 1.29 is 76.3 Å². The van der Waals surface area contributed by atoms with Crippen LogP contribution < -0.4 is 37.9 Å². The largest absolute Gasteiger partial charge is 0.426 e. The third-order valence-electron chi connectivity index (χ3n) is 16.3. The Bertz CT molecular complexity index is 4930. The number of rotatable bonds is 26. The van der Waals surface area contributed by atoms with Crippen LogP contribution in [-0.4, -0.2) is 47.8 Å². The summed E-state index contributed by atoms with van der Waals surface area (Å²) in [5.74, 6) is -6.53. The molecule has 2 unspecified atom stereocenters. The lowest BCUT2D eigenvalue weighted by Crippen LogP contribution is -2.18. The molecule has 0 aliphatic rings. The van der Waals surface area contributed by atoms with E-state index in [1.54, 1.807) is 194 Å². The van der Waals surface area contributed by atoms with Gasteiger partial charge in [0.2, 0.25) is 0 Å². The summed E-state index contributed by atoms with van der Waals surface area (Å²) < 4.78 is 47.6. The molecule has 0 aliphatic heterocycles. The minimum Gasteiger partial charge on any atom is -0.426 e. The molecule has 0 spiro atoms. The van der Waals surface area contributed by atoms with Gasteiger partial charge in [-0.15, -0.1) is 0 Å². The third kappa shape index (κ3) is 18.6. The average molecular weight is 1390 g/mol. The van der Waals surface area contributed by atoms with Crippen molar-refractivity contribution in [2.24, 2.45) is 11.8 Å². The molecular weight excluding hydrogens is 1310 g/mol. The summed E-state index contributed by atoms with van der Waals surface area (Å²) in [6.45, 7) is 38.9. The van der Waals surface area contributed by atoms with Gasteiger partial charge >= 0.3 is 47.8 Å². The van der Waals surface area contributed by atoms with Gasteiger partial charge in [0.1, 0.15) is 46.0 Å². The topological polar surface area (TPSA) is 210 Å². The van der Waals surface area contributed by atoms with Gasteiger partial charge < -0.3 is 37.9 Å². The highest BCUT2D eigenvalue weighted by molar-refractivity contribution is 5.93. The molecule has 0 saturated heterocycles. The molecule has 0 radical (unpaired) electrons. The van der Waals surface area contributed by atoms with Crippen molar-refractivity contribution in [3.05, 3.63) is 300 Å². The lowest BCUT2D eigenvalue weighted by Gasteiger charge is -2.27. The molecule has 0 fully saturated rings. The Hall–Kier alpha value is -12.8. The molecule has 0 aliphatic carbocycles. The maximum absolute atomic E-state index is 14.1. The SMILES string of the molecule is C=C(C)C(=O)Oc1ccc(-c2ccc(OC(=O)C(=C)C)c(C(c3ccc(C(c4cc(-c5ccc(OC(=O)C(=C)C)cc5)ccc4OC(=O)C(=C)C)c4cc(-c5ccc(OC(=O)C(=C)C)cc5)ccc4OC(=O)C(C)C)cc3)c3cc(-c4ccc(OC(=O)C(C)C)cc4)ccc3OC(=O)C(=C)C)c2)cc1. The summed E-state index contributed by atoms with van der Waals surface area (Å²) >= 11 is 0. The summed E-state index contributed by atoms with van der Waals surface area (Å²) in [5.41, 5.74) is 8.70. The number of carbonyl (C=O) groups is 8. The number of esters is 8. The van der Waals surface area contributed by atoms with E-state index in [9.17, 15) is 38.4 Å². The van der Waals surface area contributed by atoms with Gasteiger partial charge in [-0.25, -0.2) is 28.8 Å². The van der Waals surface area contributed by atoms with E-state index < -0.39 is 71.4 Å². The summed E-state index contributed by atoms with van der Waals surface area (Å²) in [5, 5.41) is 0. The van der Waals surface area contributed by atoms with Crippen LogP contribution in [0.25, 0.3) is 44.5 Å². The zero-order valence-electron chi connectivity index (χ0n) is 59.6. The standard InChI is InChI=1S/C88H78O16/c1-49(2)81(89)97-67-33-21-57(22-34-67)63-29-41-75(101-85(93)53(9)10)71(45-63)79(72-46-64(30-42-76(72)102-86(94)54(11)12)58-23-35-68(36-24-58)98-82(90)50(3)4)61-17-19-62(20-18-61)80(73-47-65(31-43-77(73)103-87(95)55(13)14)59-25-37-69(38-26-59)99-83(91)51(5)6)74-48-66(32-44-78(74)104-88(96)56(15)16)60-27-39-70(40-28-60)100-84(92)52(7)8/h17-48,52,54,79-80H,1,3,5,9,13,15H2,2,4,6-8,10-12,14,16H3. The van der Waals surface area contributed by atoms with Crippen LogP contribution in [0.4, 0.5) is 0 Å². The van der Waals surface area contributed by atoms with Crippen LogP contribution in [0.15, 0.2) is 267 Å². The molecule has 16 nitrogen and oxygen atoms in total. The van der Waals surface area contributed by atoms with Gasteiger partial charge in [0.05, 0.1) is 11.8 Å². The van der Waals surface area contributed by atoms with Crippen LogP contribution >= 0.6 is 0 Å². The van der Waals surface area contributed by atoms with Crippen LogP contribution in [0.2, 0.25) is 0 Å². The molecule has 0 amide bonds. The van der Waals surface area contributed by atoms with E-state index in [1.807, 2.05) is 48.5 Å². The van der Waals surface area contributed by atoms with Crippen molar-refractivity contribution in [2.75, 3.05) is 0 Å². The first-order chi connectivity index (χ1) is 49.4. The molecule has 0 bridgehead atoms. The number of hydrogen-bond acceptors (Lipinski definition) is 16. The highest BCUT2D eigenvalue weighted by atomic mass is 16.6. The Morgan fingerprint density at radius 3 is 0.654 bits per heavy atom. The van der Waals surface area contributed by atoms with Crippen LogP contribution in [-0.2, 0) is 38.4 Å². The molecule has 9 rings (SSSR count). The van der Waals surface area contributed by atoms with E-state index in [2.05, 4.69) is 39.5 Å². The number of hydrogen-bond donors (Lipinski definition) is 0. The van der Waals surface area contributed by atoms with Crippen molar-refractivity contribution in [3.63, 3.8) is 0 Å². The molecule has 16 heteroatoms. The van der Waals surface area contributed by atoms with Gasteiger partial charge in [-0.05, 0) is 194 Å². The lowest BCUT2D eigenvalue weighted by atomic mass is 9.79. The van der Waals surface area contributed by atoms with Crippen LogP contribution in [0, 0.1) is 11.8 Å². The van der Waals surface area contributed by atoms with Gasteiger partial charge in [0.15, 0.2) is 0 Å². The predicted molar refractivity (Wildman–Crippen MR) is 399 cm³/mol. The maximum atomic E-state index is 14.1. The first-order valence-electron chi connectivity index (χ1n) is 33.2. The molecule has 2 atom stereocenters. The van der Waals surface area contributed by atoms with Crippen LogP contribution in [0.5, 0.6) is 46.0 Å². The predicted octanol–water partition coefficient (Wildman–Crippen LogP) is 18.7. The smallest absolute Gasteiger partial charge is 0.338 e. The molecule has 0 aromatic heterocycles. The van der Waals surface area contributed by atoms with Gasteiger partial charge in [-0.2, -0.15) is 0 Å². The van der Waals surface area contributed by atoms with E-state index in [4.69, 9.17) is 37.9 Å². The molecule has 104 heavy (non-hydrogen) atoms. The van der Waals surface area contributed by atoms with E-state index in [-0.39, 0.29) is 73.7 Å². The van der Waals surface area contributed by atoms with Crippen molar-refractivity contribution in [1.82, 2.24) is 0 Å². The van der Waals surface area contributed by atoms with Gasteiger partial charge in [0, 0.05) is 67.5 Å². The molecule has 0 N–H and O–H groups in total. The molecule has 0 heterocycles. The van der Waals surface area contributed by atoms with Crippen molar-refractivity contribution in [2.45, 2.75) is 81.1 Å². The van der Waals surface area contributed by atoms with E-state index in [1.165, 1.54) is 20.8 Å². The monoisotopic (exact) mass is 1390 g/mol. The van der Waals surface area contributed by atoms with Crippen molar-refractivity contribution >= 4 is 47.8 Å². The molecule has 0 saturated carbocycles. The highest BCUT2D eigenvalue weighted by Crippen LogP contribution is 2.49. The van der Waals surface area contributed by atoms with Gasteiger partial charge in [0.25, 0.3) is 0 Å². The van der Waals surface area contributed by atoms with E-state index in [0.29, 0.717) is 83.6 Å². The Balaban J connectivity index is 1.36. The minimum atomic E-state index is -1.04. The average Bonchev–Trinajstić information content (AvgIpc) is 0.771. The Kier molecular flexibility index (Phi) is 24.0. The molecule has 9 aromatic rings. The van der Waals surface area contributed by atoms with E-state index in [0.717, 1.165) is 0 Å². The van der Waals surface area contributed by atoms with Gasteiger partial charge in [-0.3, -0.25) is 9.59 Å². The zero-order valence-corrected chi connectivity index (χ0v) is 59.6. The van der Waals surface area contributed by atoms with Crippen LogP contribution in [0.3, 0.4) is 0 Å². The highest BCUT2D eigenvalue weighted by Gasteiger charge is 2.32. The molecular formula is C88H78O16. The second-order valence-corrected chi connectivity index (χ2v) is 25.8. The quantitative estimate of drug-likeness (QED) is 0.0213. The Morgan fingerprint density at radius 1 is 0.240 bits per heavy atom. The first kappa shape index (κ1) is 75.4. The zero-order chi connectivity index (χ0) is 75.4. The van der Waals surface area contributed by atoms with E-state index >= 15 is 0 Å². The fraction of sp³-hybridized carbons (Fsp3) is 0.159. The van der Waals surface area contributed by atoms with Crippen molar-refractivity contribution in [3.8, 4) is 90.5 Å². The second kappa shape index (κ2) is 33.1. The fourth-order valence-corrected chi connectivity index (χ4v) is 10.6. The second-order valence-electron chi connectivity index (χ2n) is 25.8. The molecule has 9 aromatic carbocycles. The number of benzene rings is 9. The summed E-state index contributed by atoms with van der Waals surface area (Å²) in [6.07, 6.45) is 0. The number of ether oxygens (including phenoxy) is 8. The molecule has 526 valence electrons.